The Morgan fingerprint density at radius 3 is 2.65 bits per heavy atom. The largest absolute Gasteiger partial charge is 0.458 e. The number of anilines is 1. The second-order valence-electron chi connectivity index (χ2n) is 8.47. The zero-order valence-corrected chi connectivity index (χ0v) is 18.2. The van der Waals surface area contributed by atoms with Crippen LogP contribution in [0, 0.1) is 0 Å². The van der Waals surface area contributed by atoms with Crippen molar-refractivity contribution in [3.05, 3.63) is 56.9 Å². The lowest BCUT2D eigenvalue weighted by molar-refractivity contribution is -0.172. The van der Waals surface area contributed by atoms with Crippen LogP contribution in [0.2, 0.25) is 0 Å². The number of aryl methyl sites for hydroxylation is 1. The number of fused-ring (bicyclic) bond motifs is 5. The molecule has 0 saturated heterocycles. The van der Waals surface area contributed by atoms with Gasteiger partial charge < -0.3 is 19.3 Å². The molecule has 1 N–H and O–H groups in total. The first-order chi connectivity index (χ1) is 14.8. The third kappa shape index (κ3) is 2.59. The minimum absolute atomic E-state index is 0.117. The lowest BCUT2D eigenvalue weighted by Gasteiger charge is -2.31. The number of pyridine rings is 2. The van der Waals surface area contributed by atoms with Gasteiger partial charge in [0.15, 0.2) is 5.60 Å². The minimum Gasteiger partial charge on any atom is -0.458 e. The molecular weight excluding hydrogens is 394 g/mol. The van der Waals surface area contributed by atoms with E-state index in [0.717, 1.165) is 34.3 Å². The molecule has 0 aliphatic carbocycles. The first-order valence-electron chi connectivity index (χ1n) is 10.6. The quantitative estimate of drug-likeness (QED) is 0.514. The van der Waals surface area contributed by atoms with E-state index >= 15 is 0 Å². The van der Waals surface area contributed by atoms with Crippen molar-refractivity contribution in [2.45, 2.75) is 45.4 Å². The van der Waals surface area contributed by atoms with Crippen molar-refractivity contribution in [3.8, 4) is 11.4 Å². The fourth-order valence-corrected chi connectivity index (χ4v) is 4.84. The van der Waals surface area contributed by atoms with E-state index in [0.29, 0.717) is 23.4 Å². The van der Waals surface area contributed by atoms with Gasteiger partial charge in [-0.3, -0.25) is 4.79 Å². The highest BCUT2D eigenvalue weighted by Gasteiger charge is 2.45. The molecular formula is C24H25N3O4. The normalized spacial score (nSPS) is 19.1. The van der Waals surface area contributed by atoms with Crippen LogP contribution < -0.4 is 10.5 Å². The van der Waals surface area contributed by atoms with Crippen molar-refractivity contribution < 1.29 is 14.6 Å². The zero-order valence-electron chi connectivity index (χ0n) is 18.2. The number of rotatable bonds is 3. The number of ether oxygens (including phenoxy) is 1. The van der Waals surface area contributed by atoms with E-state index < -0.39 is 11.6 Å². The SMILES string of the molecule is CCc1c2c(nc3cc(N(C)C)ccc13)-c1cc3c(c(=O)n1C2)COC(=O)[C@]3(O)CC. The lowest BCUT2D eigenvalue weighted by atomic mass is 9.86. The maximum atomic E-state index is 13.3. The molecule has 1 atom stereocenters. The van der Waals surface area contributed by atoms with Gasteiger partial charge in [-0.25, -0.2) is 9.78 Å². The third-order valence-electron chi connectivity index (χ3n) is 6.66. The van der Waals surface area contributed by atoms with Crippen LogP contribution in [0.4, 0.5) is 5.69 Å². The van der Waals surface area contributed by atoms with Crippen molar-refractivity contribution in [1.29, 1.82) is 0 Å². The molecule has 0 fully saturated rings. The van der Waals surface area contributed by atoms with Crippen molar-refractivity contribution in [2.75, 3.05) is 19.0 Å². The van der Waals surface area contributed by atoms with Gasteiger partial charge in [-0.05, 0) is 36.6 Å². The van der Waals surface area contributed by atoms with Gasteiger partial charge in [0.05, 0.1) is 29.0 Å². The first-order valence-corrected chi connectivity index (χ1v) is 10.6. The molecule has 7 heteroatoms. The van der Waals surface area contributed by atoms with E-state index in [1.54, 1.807) is 17.6 Å². The van der Waals surface area contributed by atoms with Crippen molar-refractivity contribution in [1.82, 2.24) is 9.55 Å². The van der Waals surface area contributed by atoms with Gasteiger partial charge in [-0.1, -0.05) is 19.9 Å². The van der Waals surface area contributed by atoms with Crippen LogP contribution >= 0.6 is 0 Å². The molecule has 7 nitrogen and oxygen atoms in total. The Hall–Kier alpha value is -3.19. The topological polar surface area (TPSA) is 84.7 Å². The Balaban J connectivity index is 1.82. The molecule has 0 radical (unpaired) electrons. The van der Waals surface area contributed by atoms with E-state index in [4.69, 9.17) is 9.72 Å². The van der Waals surface area contributed by atoms with Gasteiger partial charge in [0, 0.05) is 36.3 Å². The molecule has 2 aliphatic rings. The van der Waals surface area contributed by atoms with E-state index in [1.807, 2.05) is 25.1 Å². The fourth-order valence-electron chi connectivity index (χ4n) is 4.84. The highest BCUT2D eigenvalue weighted by atomic mass is 16.6. The number of carbonyl (C=O) groups is 1. The molecule has 4 heterocycles. The molecule has 0 amide bonds. The Bertz CT molecular complexity index is 1320. The number of esters is 1. The lowest BCUT2D eigenvalue weighted by Crippen LogP contribution is -2.44. The summed E-state index contributed by atoms with van der Waals surface area (Å²) in [5.41, 5.74) is 4.15. The summed E-state index contributed by atoms with van der Waals surface area (Å²) >= 11 is 0. The molecule has 0 saturated carbocycles. The monoisotopic (exact) mass is 419 g/mol. The molecule has 1 aromatic carbocycles. The van der Waals surface area contributed by atoms with Crippen molar-refractivity contribution in [2.24, 2.45) is 0 Å². The molecule has 0 unspecified atom stereocenters. The van der Waals surface area contributed by atoms with Crippen LogP contribution in [-0.2, 0) is 34.7 Å². The highest BCUT2D eigenvalue weighted by Crippen LogP contribution is 2.40. The van der Waals surface area contributed by atoms with Gasteiger partial charge >= 0.3 is 5.97 Å². The second kappa shape index (κ2) is 6.65. The molecule has 3 aromatic rings. The summed E-state index contributed by atoms with van der Waals surface area (Å²) in [5, 5.41) is 12.1. The molecule has 0 spiro atoms. The van der Waals surface area contributed by atoms with Crippen LogP contribution in [0.3, 0.4) is 0 Å². The number of benzene rings is 1. The summed E-state index contributed by atoms with van der Waals surface area (Å²) in [5.74, 6) is -0.707. The number of carbonyl (C=O) groups excluding carboxylic acids is 1. The third-order valence-corrected chi connectivity index (χ3v) is 6.66. The maximum absolute atomic E-state index is 13.3. The summed E-state index contributed by atoms with van der Waals surface area (Å²) < 4.78 is 6.84. The summed E-state index contributed by atoms with van der Waals surface area (Å²) in [7, 11) is 3.97. The summed E-state index contributed by atoms with van der Waals surface area (Å²) in [6.07, 6.45) is 0.942. The van der Waals surface area contributed by atoms with Crippen LogP contribution in [0.1, 0.15) is 42.5 Å². The summed E-state index contributed by atoms with van der Waals surface area (Å²) in [4.78, 5) is 32.7. The number of hydrogen-bond donors (Lipinski definition) is 1. The average molecular weight is 419 g/mol. The number of nitrogens with zero attached hydrogens (tertiary/aromatic N) is 3. The smallest absolute Gasteiger partial charge is 0.343 e. The molecule has 31 heavy (non-hydrogen) atoms. The van der Waals surface area contributed by atoms with Crippen LogP contribution in [-0.4, -0.2) is 34.7 Å². The average Bonchev–Trinajstić information content (AvgIpc) is 3.13. The highest BCUT2D eigenvalue weighted by molar-refractivity contribution is 5.91. The van der Waals surface area contributed by atoms with E-state index in [1.165, 1.54) is 5.56 Å². The van der Waals surface area contributed by atoms with Crippen molar-refractivity contribution >= 4 is 22.6 Å². The van der Waals surface area contributed by atoms with E-state index in [-0.39, 0.29) is 18.6 Å². The Labute approximate surface area is 179 Å². The fraction of sp³-hybridized carbons (Fsp3) is 0.375. The predicted octanol–water partition coefficient (Wildman–Crippen LogP) is 2.71. The van der Waals surface area contributed by atoms with Crippen molar-refractivity contribution in [3.63, 3.8) is 0 Å². The van der Waals surface area contributed by atoms with E-state index in [9.17, 15) is 14.7 Å². The molecule has 160 valence electrons. The Morgan fingerprint density at radius 1 is 1.19 bits per heavy atom. The molecule has 0 bridgehead atoms. The van der Waals surface area contributed by atoms with E-state index in [2.05, 4.69) is 19.1 Å². The zero-order chi connectivity index (χ0) is 22.1. The van der Waals surface area contributed by atoms with Crippen LogP contribution in [0.25, 0.3) is 22.3 Å². The second-order valence-corrected chi connectivity index (χ2v) is 8.47. The van der Waals surface area contributed by atoms with Gasteiger partial charge in [-0.15, -0.1) is 0 Å². The number of cyclic esters (lactones) is 1. The first kappa shape index (κ1) is 19.8. The summed E-state index contributed by atoms with van der Waals surface area (Å²) in [6.45, 7) is 4.12. The standard InChI is InChI=1S/C24H25N3O4/c1-5-14-15-8-7-13(26(3)4)9-19(15)25-21-16(14)11-27-20(21)10-18-17(22(27)28)12-31-23(29)24(18,30)6-2/h7-10,30H,5-6,11-12H2,1-4H3/t24-/m0/s1. The molecule has 2 aromatic heterocycles. The Kier molecular flexibility index (Phi) is 4.24. The van der Waals surface area contributed by atoms with Gasteiger partial charge in [0.25, 0.3) is 5.56 Å². The minimum atomic E-state index is -1.81. The number of aliphatic hydroxyl groups is 1. The number of hydrogen-bond acceptors (Lipinski definition) is 6. The Morgan fingerprint density at radius 2 is 1.97 bits per heavy atom. The number of aromatic nitrogens is 2. The predicted molar refractivity (Wildman–Crippen MR) is 118 cm³/mol. The van der Waals surface area contributed by atoms with Crippen LogP contribution in [0.15, 0.2) is 29.1 Å². The summed E-state index contributed by atoms with van der Waals surface area (Å²) in [6, 6.07) is 7.98. The molecule has 5 rings (SSSR count). The van der Waals surface area contributed by atoms with Gasteiger partial charge in [0.2, 0.25) is 0 Å². The maximum Gasteiger partial charge on any atom is 0.343 e. The molecule has 2 aliphatic heterocycles. The van der Waals surface area contributed by atoms with Gasteiger partial charge in [-0.2, -0.15) is 0 Å². The van der Waals surface area contributed by atoms with Crippen LogP contribution in [0.5, 0.6) is 0 Å². The van der Waals surface area contributed by atoms with Gasteiger partial charge in [0.1, 0.15) is 6.61 Å².